The minimum Gasteiger partial charge on any atom is -0.496 e. The number of hydrogen-bond donors (Lipinski definition) is 0. The van der Waals surface area contributed by atoms with Crippen LogP contribution in [0.5, 0.6) is 5.75 Å². The Morgan fingerprint density at radius 2 is 1.83 bits per heavy atom. The number of aryl methyl sites for hydroxylation is 2. The first-order chi connectivity index (χ1) is 8.52. The van der Waals surface area contributed by atoms with Gasteiger partial charge in [-0.15, -0.1) is 11.3 Å². The van der Waals surface area contributed by atoms with Gasteiger partial charge in [0.15, 0.2) is 0 Å². The van der Waals surface area contributed by atoms with Crippen molar-refractivity contribution in [2.24, 2.45) is 0 Å². The smallest absolute Gasteiger partial charge is 0.129 e. The Balaban J connectivity index is 2.42. The average Bonchev–Trinajstić information content (AvgIpc) is 2.75. The molecule has 0 radical (unpaired) electrons. The molecule has 0 aliphatic heterocycles. The highest BCUT2D eigenvalue weighted by molar-refractivity contribution is 9.09. The van der Waals surface area contributed by atoms with Gasteiger partial charge in [-0.25, -0.2) is 4.39 Å². The molecule has 2 rings (SSSR count). The average molecular weight is 329 g/mol. The Bertz CT molecular complexity index is 542. The molecule has 0 saturated heterocycles. The zero-order chi connectivity index (χ0) is 13.3. The predicted molar refractivity (Wildman–Crippen MR) is 77.5 cm³/mol. The van der Waals surface area contributed by atoms with Crippen molar-refractivity contribution < 1.29 is 9.13 Å². The lowest BCUT2D eigenvalue weighted by molar-refractivity contribution is 0.416. The van der Waals surface area contributed by atoms with Crippen molar-refractivity contribution in [3.63, 3.8) is 0 Å². The van der Waals surface area contributed by atoms with Gasteiger partial charge in [0.1, 0.15) is 11.6 Å². The van der Waals surface area contributed by atoms with Crippen molar-refractivity contribution in [3.05, 3.63) is 51.0 Å². The van der Waals surface area contributed by atoms with Crippen LogP contribution in [-0.2, 0) is 0 Å². The minimum atomic E-state index is -0.183. The van der Waals surface area contributed by atoms with Crippen LogP contribution in [-0.4, -0.2) is 7.11 Å². The van der Waals surface area contributed by atoms with Gasteiger partial charge in [0.2, 0.25) is 0 Å². The van der Waals surface area contributed by atoms with Crippen LogP contribution in [0.3, 0.4) is 0 Å². The highest BCUT2D eigenvalue weighted by Crippen LogP contribution is 2.39. The highest BCUT2D eigenvalue weighted by Gasteiger charge is 2.18. The normalized spacial score (nSPS) is 12.5. The molecule has 0 fully saturated rings. The third-order valence-electron chi connectivity index (χ3n) is 2.89. The van der Waals surface area contributed by atoms with Crippen molar-refractivity contribution >= 4 is 27.3 Å². The number of ether oxygens (including phenoxy) is 1. The molecule has 1 heterocycles. The molecule has 1 atom stereocenters. The lowest BCUT2D eigenvalue weighted by Gasteiger charge is -2.15. The number of benzene rings is 1. The Morgan fingerprint density at radius 3 is 2.33 bits per heavy atom. The Hall–Kier alpha value is -0.870. The number of halogens is 2. The lowest BCUT2D eigenvalue weighted by Crippen LogP contribution is -1.98. The van der Waals surface area contributed by atoms with Crippen molar-refractivity contribution in [1.82, 2.24) is 0 Å². The van der Waals surface area contributed by atoms with E-state index in [4.69, 9.17) is 4.74 Å². The SMILES string of the molecule is COc1csc(C(Br)c2c(C)cc(F)cc2C)c1. The van der Waals surface area contributed by atoms with Crippen LogP contribution in [0.2, 0.25) is 0 Å². The second kappa shape index (κ2) is 5.41. The molecule has 1 nitrogen and oxygen atoms in total. The summed E-state index contributed by atoms with van der Waals surface area (Å²) in [5.74, 6) is 0.675. The topological polar surface area (TPSA) is 9.23 Å². The van der Waals surface area contributed by atoms with Crippen LogP contribution >= 0.6 is 27.3 Å². The van der Waals surface area contributed by atoms with Crippen LogP contribution in [0, 0.1) is 19.7 Å². The van der Waals surface area contributed by atoms with Crippen molar-refractivity contribution in [2.45, 2.75) is 18.7 Å². The zero-order valence-corrected chi connectivity index (χ0v) is 12.9. The molecule has 1 aromatic heterocycles. The summed E-state index contributed by atoms with van der Waals surface area (Å²) in [7, 11) is 1.66. The first-order valence-corrected chi connectivity index (χ1v) is 7.35. The summed E-state index contributed by atoms with van der Waals surface area (Å²) in [5.41, 5.74) is 3.05. The largest absolute Gasteiger partial charge is 0.496 e. The summed E-state index contributed by atoms with van der Waals surface area (Å²) in [6.07, 6.45) is 0. The second-order valence-electron chi connectivity index (χ2n) is 4.20. The minimum absolute atomic E-state index is 0.0759. The predicted octanol–water partition coefficient (Wildman–Crippen LogP) is 5.00. The van der Waals surface area contributed by atoms with Gasteiger partial charge in [0.25, 0.3) is 0 Å². The van der Waals surface area contributed by atoms with E-state index in [1.54, 1.807) is 30.6 Å². The van der Waals surface area contributed by atoms with Gasteiger partial charge in [0.05, 0.1) is 11.9 Å². The highest BCUT2D eigenvalue weighted by atomic mass is 79.9. The van der Waals surface area contributed by atoms with Gasteiger partial charge in [-0.1, -0.05) is 15.9 Å². The molecule has 0 amide bonds. The summed E-state index contributed by atoms with van der Waals surface area (Å²) < 4.78 is 18.5. The fraction of sp³-hybridized carbons (Fsp3) is 0.286. The number of methoxy groups -OCH3 is 1. The second-order valence-corrected chi connectivity index (χ2v) is 6.06. The van der Waals surface area contributed by atoms with E-state index in [0.717, 1.165) is 27.3 Å². The molecule has 1 aromatic carbocycles. The van der Waals surface area contributed by atoms with Gasteiger partial charge in [-0.2, -0.15) is 0 Å². The molecule has 4 heteroatoms. The first-order valence-electron chi connectivity index (χ1n) is 5.56. The Morgan fingerprint density at radius 1 is 1.22 bits per heavy atom. The summed E-state index contributed by atoms with van der Waals surface area (Å²) in [5, 5.41) is 1.97. The van der Waals surface area contributed by atoms with Crippen molar-refractivity contribution in [3.8, 4) is 5.75 Å². The van der Waals surface area contributed by atoms with E-state index in [0.29, 0.717) is 0 Å². The quantitative estimate of drug-likeness (QED) is 0.720. The molecule has 0 aliphatic carbocycles. The monoisotopic (exact) mass is 328 g/mol. The number of rotatable bonds is 3. The van der Waals surface area contributed by atoms with E-state index >= 15 is 0 Å². The molecule has 0 saturated carbocycles. The summed E-state index contributed by atoms with van der Waals surface area (Å²) in [6.45, 7) is 3.87. The number of alkyl halides is 1. The van der Waals surface area contributed by atoms with Crippen LogP contribution < -0.4 is 4.74 Å². The van der Waals surface area contributed by atoms with Crippen LogP contribution in [0.4, 0.5) is 4.39 Å². The first kappa shape index (κ1) is 13.6. The molecular weight excluding hydrogens is 315 g/mol. The van der Waals surface area contributed by atoms with E-state index in [1.165, 1.54) is 0 Å². The number of thiophene rings is 1. The maximum absolute atomic E-state index is 13.3. The van der Waals surface area contributed by atoms with Crippen molar-refractivity contribution in [2.75, 3.05) is 7.11 Å². The zero-order valence-electron chi connectivity index (χ0n) is 10.5. The molecular formula is C14H14BrFOS. The standard InChI is InChI=1S/C14H14BrFOS/c1-8-4-10(16)5-9(2)13(8)14(15)12-6-11(17-3)7-18-12/h4-7,14H,1-3H3. The Kier molecular flexibility index (Phi) is 4.07. The van der Waals surface area contributed by atoms with Gasteiger partial charge < -0.3 is 4.74 Å². The molecule has 0 bridgehead atoms. The molecule has 0 aliphatic rings. The third kappa shape index (κ3) is 2.59. The van der Waals surface area contributed by atoms with Gasteiger partial charge >= 0.3 is 0 Å². The summed E-state index contributed by atoms with van der Waals surface area (Å²) in [4.78, 5) is 1.23. The van der Waals surface area contributed by atoms with Gasteiger partial charge in [-0.05, 0) is 48.7 Å². The van der Waals surface area contributed by atoms with E-state index in [9.17, 15) is 4.39 Å². The molecule has 18 heavy (non-hydrogen) atoms. The Labute approximate surface area is 119 Å². The molecule has 0 N–H and O–H groups in total. The molecule has 1 unspecified atom stereocenters. The lowest BCUT2D eigenvalue weighted by atomic mass is 9.99. The van der Waals surface area contributed by atoms with E-state index in [2.05, 4.69) is 15.9 Å². The number of hydrogen-bond acceptors (Lipinski definition) is 2. The van der Waals surface area contributed by atoms with Gasteiger partial charge in [-0.3, -0.25) is 0 Å². The van der Waals surface area contributed by atoms with E-state index < -0.39 is 0 Å². The fourth-order valence-corrected chi connectivity index (χ4v) is 4.05. The summed E-state index contributed by atoms with van der Waals surface area (Å²) in [6, 6.07) is 5.15. The fourth-order valence-electron chi connectivity index (χ4n) is 2.04. The maximum atomic E-state index is 13.3. The molecule has 0 spiro atoms. The van der Waals surface area contributed by atoms with Crippen molar-refractivity contribution in [1.29, 1.82) is 0 Å². The summed E-state index contributed by atoms with van der Waals surface area (Å²) >= 11 is 5.33. The third-order valence-corrected chi connectivity index (χ3v) is 5.12. The van der Waals surface area contributed by atoms with Crippen LogP contribution in [0.1, 0.15) is 26.4 Å². The van der Waals surface area contributed by atoms with Crippen LogP contribution in [0.15, 0.2) is 23.6 Å². The maximum Gasteiger partial charge on any atom is 0.129 e. The van der Waals surface area contributed by atoms with Crippen LogP contribution in [0.25, 0.3) is 0 Å². The molecule has 96 valence electrons. The van der Waals surface area contributed by atoms with Gasteiger partial charge in [0, 0.05) is 10.3 Å². The molecule has 2 aromatic rings. The van der Waals surface area contributed by atoms with E-state index in [-0.39, 0.29) is 10.6 Å². The van der Waals surface area contributed by atoms with E-state index in [1.807, 2.05) is 25.3 Å².